The molecule has 1 amide bonds. The molecule has 0 spiro atoms. The molecule has 0 bridgehead atoms. The van der Waals surface area contributed by atoms with Gasteiger partial charge in [0.2, 0.25) is 5.91 Å². The topological polar surface area (TPSA) is 46.6 Å². The summed E-state index contributed by atoms with van der Waals surface area (Å²) in [6.07, 6.45) is -0.382. The molecule has 1 unspecified atom stereocenters. The second-order valence-corrected chi connectivity index (χ2v) is 3.51. The third-order valence-electron chi connectivity index (χ3n) is 2.31. The number of halogens is 1. The van der Waals surface area contributed by atoms with Crippen molar-refractivity contribution < 1.29 is 18.7 Å². The highest BCUT2D eigenvalue weighted by molar-refractivity contribution is 6.00. The lowest BCUT2D eigenvalue weighted by molar-refractivity contribution is -0.153. The van der Waals surface area contributed by atoms with Crippen LogP contribution in [0.2, 0.25) is 0 Å². The molecular weight excluding hydrogens is 213 g/mol. The average Bonchev–Trinajstić information content (AvgIpc) is 2.20. The van der Waals surface area contributed by atoms with Crippen LogP contribution in [0.15, 0.2) is 24.3 Å². The summed E-state index contributed by atoms with van der Waals surface area (Å²) in [6, 6.07) is 5.46. The first-order valence-corrected chi connectivity index (χ1v) is 4.83. The van der Waals surface area contributed by atoms with Gasteiger partial charge >= 0.3 is 5.97 Å². The molecule has 1 aromatic carbocycles. The number of rotatable bonds is 2. The summed E-state index contributed by atoms with van der Waals surface area (Å²) in [5, 5.41) is 0. The van der Waals surface area contributed by atoms with Gasteiger partial charge in [-0.3, -0.25) is 14.5 Å². The average molecular weight is 223 g/mol. The molecule has 1 aliphatic heterocycles. The number of ether oxygens (including phenoxy) is 1. The van der Waals surface area contributed by atoms with Crippen molar-refractivity contribution >= 4 is 17.6 Å². The van der Waals surface area contributed by atoms with Crippen LogP contribution in [0.4, 0.5) is 10.1 Å². The summed E-state index contributed by atoms with van der Waals surface area (Å²) in [4.78, 5) is 23.4. The van der Waals surface area contributed by atoms with Gasteiger partial charge in [0.15, 0.2) is 6.23 Å². The number of nitrogens with zero attached hydrogens (tertiary/aromatic N) is 1. The van der Waals surface area contributed by atoms with E-state index in [9.17, 15) is 14.0 Å². The van der Waals surface area contributed by atoms with Crippen molar-refractivity contribution in [1.82, 2.24) is 0 Å². The normalized spacial score (nSPS) is 19.2. The fourth-order valence-electron chi connectivity index (χ4n) is 1.59. The number of hydrogen-bond acceptors (Lipinski definition) is 3. The minimum Gasteiger partial charge on any atom is -0.441 e. The largest absolute Gasteiger partial charge is 0.441 e. The molecule has 0 radical (unpaired) electrons. The monoisotopic (exact) mass is 223 g/mol. The lowest BCUT2D eigenvalue weighted by Gasteiger charge is -2.38. The molecule has 4 nitrogen and oxygen atoms in total. The maximum Gasteiger partial charge on any atom is 0.304 e. The second kappa shape index (κ2) is 3.92. The third kappa shape index (κ3) is 1.88. The number of hydrogen-bond donors (Lipinski definition) is 0. The van der Waals surface area contributed by atoms with Crippen molar-refractivity contribution in [3.63, 3.8) is 0 Å². The lowest BCUT2D eigenvalue weighted by atomic mass is 10.1. The third-order valence-corrected chi connectivity index (χ3v) is 2.31. The van der Waals surface area contributed by atoms with Crippen LogP contribution in [-0.4, -0.2) is 18.1 Å². The van der Waals surface area contributed by atoms with Gasteiger partial charge in [-0.2, -0.15) is 0 Å². The molecule has 1 aliphatic rings. The maximum atomic E-state index is 12.7. The molecule has 0 aliphatic carbocycles. The van der Waals surface area contributed by atoms with E-state index < -0.39 is 12.2 Å². The molecule has 1 saturated heterocycles. The highest BCUT2D eigenvalue weighted by Crippen LogP contribution is 2.28. The van der Waals surface area contributed by atoms with E-state index in [0.29, 0.717) is 5.69 Å². The Bertz CT molecular complexity index is 429. The molecule has 0 saturated carbocycles. The van der Waals surface area contributed by atoms with Gasteiger partial charge in [0, 0.05) is 12.6 Å². The van der Waals surface area contributed by atoms with Gasteiger partial charge in [-0.1, -0.05) is 0 Å². The number of benzene rings is 1. The number of esters is 1. The summed E-state index contributed by atoms with van der Waals surface area (Å²) in [6.45, 7) is 1.28. The van der Waals surface area contributed by atoms with Gasteiger partial charge in [-0.15, -0.1) is 0 Å². The lowest BCUT2D eigenvalue weighted by Crippen LogP contribution is -2.54. The molecule has 0 N–H and O–H groups in total. The predicted octanol–water partition coefficient (Wildman–Crippen LogP) is 1.45. The van der Waals surface area contributed by atoms with Crippen LogP contribution < -0.4 is 4.90 Å². The number of carbonyl (C=O) groups is 2. The van der Waals surface area contributed by atoms with Crippen molar-refractivity contribution in [2.75, 3.05) is 4.90 Å². The Morgan fingerprint density at radius 2 is 2.06 bits per heavy atom. The number of amides is 1. The minimum absolute atomic E-state index is 0.141. The summed E-state index contributed by atoms with van der Waals surface area (Å²) >= 11 is 0. The molecule has 5 heteroatoms. The summed E-state index contributed by atoms with van der Waals surface area (Å²) in [7, 11) is 0. The van der Waals surface area contributed by atoms with Gasteiger partial charge in [-0.25, -0.2) is 4.39 Å². The molecule has 1 aromatic rings. The smallest absolute Gasteiger partial charge is 0.304 e. The molecule has 2 rings (SSSR count). The van der Waals surface area contributed by atoms with Crippen LogP contribution in [0.5, 0.6) is 0 Å². The molecular formula is C11H10FNO3. The van der Waals surface area contributed by atoms with Gasteiger partial charge in [0.05, 0.1) is 6.42 Å². The van der Waals surface area contributed by atoms with Gasteiger partial charge in [0.25, 0.3) is 0 Å². The molecule has 1 atom stereocenters. The van der Waals surface area contributed by atoms with Crippen molar-refractivity contribution in [2.24, 2.45) is 0 Å². The number of anilines is 1. The summed E-state index contributed by atoms with van der Waals surface area (Å²) in [5.41, 5.74) is 0.531. The fourth-order valence-corrected chi connectivity index (χ4v) is 1.59. The van der Waals surface area contributed by atoms with E-state index in [0.717, 1.165) is 0 Å². The zero-order chi connectivity index (χ0) is 11.7. The Kier molecular flexibility index (Phi) is 2.60. The Balaban J connectivity index is 2.15. The molecule has 1 fully saturated rings. The molecule has 84 valence electrons. The van der Waals surface area contributed by atoms with E-state index in [1.807, 2.05) is 0 Å². The van der Waals surface area contributed by atoms with Crippen molar-refractivity contribution in [3.8, 4) is 0 Å². The van der Waals surface area contributed by atoms with E-state index >= 15 is 0 Å². The molecule has 16 heavy (non-hydrogen) atoms. The first-order chi connectivity index (χ1) is 7.58. The van der Waals surface area contributed by atoms with Crippen molar-refractivity contribution in [1.29, 1.82) is 0 Å². The second-order valence-electron chi connectivity index (χ2n) is 3.51. The Morgan fingerprint density at radius 1 is 1.44 bits per heavy atom. The van der Waals surface area contributed by atoms with Gasteiger partial charge in [-0.05, 0) is 24.3 Å². The number of β-lactam (4-membered cyclic amide) rings is 1. The van der Waals surface area contributed by atoms with E-state index in [4.69, 9.17) is 4.74 Å². The van der Waals surface area contributed by atoms with Gasteiger partial charge in [0.1, 0.15) is 5.82 Å². The standard InChI is InChI=1S/C11H10FNO3/c1-7(14)16-11-6-10(15)13(11)9-4-2-8(12)3-5-9/h2-5,11H,6H2,1H3. The maximum absolute atomic E-state index is 12.7. The fraction of sp³-hybridized carbons (Fsp3) is 0.273. The minimum atomic E-state index is -0.560. The highest BCUT2D eigenvalue weighted by atomic mass is 19.1. The van der Waals surface area contributed by atoms with E-state index in [2.05, 4.69) is 0 Å². The molecule has 1 heterocycles. The first-order valence-electron chi connectivity index (χ1n) is 4.83. The highest BCUT2D eigenvalue weighted by Gasteiger charge is 2.39. The quantitative estimate of drug-likeness (QED) is 0.563. The Labute approximate surface area is 91.6 Å². The number of carbonyl (C=O) groups excluding carboxylic acids is 2. The van der Waals surface area contributed by atoms with E-state index in [1.54, 1.807) is 0 Å². The zero-order valence-electron chi connectivity index (χ0n) is 8.64. The van der Waals surface area contributed by atoms with E-state index in [-0.39, 0.29) is 18.1 Å². The van der Waals surface area contributed by atoms with Crippen LogP contribution in [-0.2, 0) is 14.3 Å². The first kappa shape index (κ1) is 10.6. The van der Waals surface area contributed by atoms with Crippen LogP contribution in [0.25, 0.3) is 0 Å². The summed E-state index contributed by atoms with van der Waals surface area (Å²) < 4.78 is 17.6. The van der Waals surface area contributed by atoms with Crippen molar-refractivity contribution in [2.45, 2.75) is 19.6 Å². The van der Waals surface area contributed by atoms with Crippen molar-refractivity contribution in [3.05, 3.63) is 30.1 Å². The Hall–Kier alpha value is -1.91. The van der Waals surface area contributed by atoms with E-state index in [1.165, 1.54) is 36.1 Å². The Morgan fingerprint density at radius 3 is 2.56 bits per heavy atom. The predicted molar refractivity (Wildman–Crippen MR) is 54.1 cm³/mol. The van der Waals surface area contributed by atoms with Gasteiger partial charge < -0.3 is 4.74 Å². The molecule has 0 aromatic heterocycles. The van der Waals surface area contributed by atoms with Crippen LogP contribution >= 0.6 is 0 Å². The zero-order valence-corrected chi connectivity index (χ0v) is 8.64. The van der Waals surface area contributed by atoms with Crippen LogP contribution in [0.1, 0.15) is 13.3 Å². The SMILES string of the molecule is CC(=O)OC1CC(=O)N1c1ccc(F)cc1. The summed E-state index contributed by atoms with van der Waals surface area (Å²) in [5.74, 6) is -0.955. The van der Waals surface area contributed by atoms with Crippen LogP contribution in [0, 0.1) is 5.82 Å². The van der Waals surface area contributed by atoms with Crippen LogP contribution in [0.3, 0.4) is 0 Å².